The largest absolute Gasteiger partial charge is 0.451 e. The second-order valence-corrected chi connectivity index (χ2v) is 9.87. The lowest BCUT2D eigenvalue weighted by atomic mass is 10.2. The molecule has 174 valence electrons. The molecule has 0 aliphatic heterocycles. The van der Waals surface area contributed by atoms with Crippen LogP contribution in [0.3, 0.4) is 0 Å². The molecule has 2 aromatic carbocycles. The summed E-state index contributed by atoms with van der Waals surface area (Å²) in [6.45, 7) is 3.49. The van der Waals surface area contributed by atoms with Crippen molar-refractivity contribution in [1.82, 2.24) is 9.97 Å². The molecule has 0 aliphatic rings. The van der Waals surface area contributed by atoms with Crippen LogP contribution in [0.15, 0.2) is 70.0 Å². The zero-order valence-electron chi connectivity index (χ0n) is 18.0. The van der Waals surface area contributed by atoms with Crippen molar-refractivity contribution in [3.05, 3.63) is 87.9 Å². The van der Waals surface area contributed by atoms with Crippen LogP contribution in [0.1, 0.15) is 21.9 Å². The number of rotatable bonds is 6. The van der Waals surface area contributed by atoms with E-state index in [9.17, 15) is 13.2 Å². The minimum absolute atomic E-state index is 0.00840. The van der Waals surface area contributed by atoms with Gasteiger partial charge < -0.3 is 9.73 Å². The van der Waals surface area contributed by atoms with Gasteiger partial charge in [-0.2, -0.15) is 0 Å². The highest BCUT2D eigenvalue weighted by molar-refractivity contribution is 7.92. The van der Waals surface area contributed by atoms with Crippen LogP contribution >= 0.6 is 23.2 Å². The highest BCUT2D eigenvalue weighted by atomic mass is 35.5. The van der Waals surface area contributed by atoms with Gasteiger partial charge in [-0.3, -0.25) is 4.79 Å². The predicted molar refractivity (Wildman–Crippen MR) is 131 cm³/mol. The fourth-order valence-corrected chi connectivity index (χ4v) is 4.60. The average molecular weight is 517 g/mol. The summed E-state index contributed by atoms with van der Waals surface area (Å²) in [6, 6.07) is 15.5. The number of halogens is 2. The summed E-state index contributed by atoms with van der Waals surface area (Å²) >= 11 is 12.1. The molecule has 0 aliphatic carbocycles. The number of sulfonamides is 1. The predicted octanol–water partition coefficient (Wildman–Crippen LogP) is 5.71. The van der Waals surface area contributed by atoms with E-state index in [1.165, 1.54) is 30.3 Å². The van der Waals surface area contributed by atoms with Gasteiger partial charge in [0.1, 0.15) is 5.76 Å². The van der Waals surface area contributed by atoms with Gasteiger partial charge in [0.25, 0.3) is 15.9 Å². The molecule has 0 spiro atoms. The molecule has 2 N–H and O–H groups in total. The normalized spacial score (nSPS) is 11.3. The summed E-state index contributed by atoms with van der Waals surface area (Å²) in [5.41, 5.74) is 2.26. The Balaban J connectivity index is 1.46. The van der Waals surface area contributed by atoms with Crippen LogP contribution in [0, 0.1) is 13.8 Å². The Kier molecular flexibility index (Phi) is 6.60. The van der Waals surface area contributed by atoms with Gasteiger partial charge >= 0.3 is 0 Å². The van der Waals surface area contributed by atoms with Crippen LogP contribution < -0.4 is 10.0 Å². The van der Waals surface area contributed by atoms with Crippen LogP contribution in [0.5, 0.6) is 0 Å². The van der Waals surface area contributed by atoms with Crippen LogP contribution in [0.2, 0.25) is 10.0 Å². The Morgan fingerprint density at radius 1 is 0.912 bits per heavy atom. The lowest BCUT2D eigenvalue weighted by molar-refractivity contribution is 0.0997. The highest BCUT2D eigenvalue weighted by Crippen LogP contribution is 2.31. The van der Waals surface area contributed by atoms with Crippen molar-refractivity contribution in [3.63, 3.8) is 0 Å². The van der Waals surface area contributed by atoms with Crippen molar-refractivity contribution in [2.45, 2.75) is 18.7 Å². The monoisotopic (exact) mass is 516 g/mol. The fraction of sp³-hybridized carbons (Fsp3) is 0.0870. The second-order valence-electron chi connectivity index (χ2n) is 7.35. The zero-order chi connectivity index (χ0) is 24.5. The smallest absolute Gasteiger partial charge is 0.291 e. The number of benzene rings is 2. The number of amides is 1. The first-order valence-electron chi connectivity index (χ1n) is 9.92. The number of carbonyl (C=O) groups is 1. The van der Waals surface area contributed by atoms with E-state index < -0.39 is 15.9 Å². The first kappa shape index (κ1) is 23.7. The van der Waals surface area contributed by atoms with Gasteiger partial charge in [-0.15, -0.1) is 0 Å². The number of furan rings is 1. The van der Waals surface area contributed by atoms with Crippen LogP contribution in [-0.4, -0.2) is 24.3 Å². The van der Waals surface area contributed by atoms with E-state index in [4.69, 9.17) is 27.6 Å². The highest BCUT2D eigenvalue weighted by Gasteiger charge is 2.18. The Bertz CT molecular complexity index is 1470. The van der Waals surface area contributed by atoms with E-state index in [-0.39, 0.29) is 16.6 Å². The van der Waals surface area contributed by atoms with Crippen LogP contribution in [0.4, 0.5) is 11.6 Å². The van der Waals surface area contributed by atoms with E-state index in [2.05, 4.69) is 20.0 Å². The summed E-state index contributed by atoms with van der Waals surface area (Å²) < 4.78 is 33.3. The van der Waals surface area contributed by atoms with Crippen molar-refractivity contribution in [2.24, 2.45) is 0 Å². The molecule has 2 aromatic heterocycles. The Morgan fingerprint density at radius 3 is 2.24 bits per heavy atom. The fourth-order valence-electron chi connectivity index (χ4n) is 3.15. The number of aryl methyl sites for hydroxylation is 2. The van der Waals surface area contributed by atoms with Gasteiger partial charge in [0.2, 0.25) is 5.95 Å². The standard InChI is InChI=1S/C23H18Cl2N4O4S/c1-13-11-14(2)27-23(26-13)29-34(31,32)17-6-4-16(5-7-17)28-22(30)21-10-9-20(33-21)18-8-3-15(24)12-19(18)25/h3-12H,1-2H3,(H,28,30)(H,26,27,29). The molecule has 0 saturated carbocycles. The summed E-state index contributed by atoms with van der Waals surface area (Å²) in [4.78, 5) is 20.7. The molecule has 11 heteroatoms. The lowest BCUT2D eigenvalue weighted by Crippen LogP contribution is -2.16. The minimum atomic E-state index is -3.91. The number of anilines is 2. The Labute approximate surface area is 206 Å². The molecule has 0 saturated heterocycles. The Morgan fingerprint density at radius 2 is 1.59 bits per heavy atom. The zero-order valence-corrected chi connectivity index (χ0v) is 20.3. The molecule has 2 heterocycles. The molecular weight excluding hydrogens is 499 g/mol. The molecule has 4 rings (SSSR count). The van der Waals surface area contributed by atoms with Gasteiger partial charge in [0.05, 0.1) is 9.92 Å². The summed E-state index contributed by atoms with van der Waals surface area (Å²) in [5, 5.41) is 3.54. The number of nitrogens with zero attached hydrogens (tertiary/aromatic N) is 2. The molecule has 0 unspecified atom stereocenters. The number of hydrogen-bond donors (Lipinski definition) is 2. The average Bonchev–Trinajstić information content (AvgIpc) is 3.23. The van der Waals surface area contributed by atoms with Gasteiger partial charge in [0.15, 0.2) is 5.76 Å². The lowest BCUT2D eigenvalue weighted by Gasteiger charge is -2.09. The topological polar surface area (TPSA) is 114 Å². The van der Waals surface area contributed by atoms with Gasteiger partial charge in [0, 0.05) is 27.7 Å². The van der Waals surface area contributed by atoms with E-state index in [0.29, 0.717) is 38.4 Å². The van der Waals surface area contributed by atoms with Gasteiger partial charge in [-0.1, -0.05) is 23.2 Å². The molecule has 1 amide bonds. The minimum Gasteiger partial charge on any atom is -0.451 e. The van der Waals surface area contributed by atoms with E-state index in [0.717, 1.165) is 0 Å². The number of nitrogens with one attached hydrogen (secondary N) is 2. The van der Waals surface area contributed by atoms with Crippen molar-refractivity contribution < 1.29 is 17.6 Å². The summed E-state index contributed by atoms with van der Waals surface area (Å²) in [5.74, 6) is -0.0442. The maximum Gasteiger partial charge on any atom is 0.291 e. The van der Waals surface area contributed by atoms with Crippen molar-refractivity contribution >= 4 is 50.8 Å². The molecule has 8 nitrogen and oxygen atoms in total. The number of hydrogen-bond acceptors (Lipinski definition) is 6. The van der Waals surface area contributed by atoms with Gasteiger partial charge in [-0.05, 0) is 74.5 Å². The third-order valence-corrected chi connectivity index (χ3v) is 6.55. The van der Waals surface area contributed by atoms with E-state index >= 15 is 0 Å². The molecule has 0 fully saturated rings. The Hall–Kier alpha value is -3.40. The molecule has 0 atom stereocenters. The third-order valence-electron chi connectivity index (χ3n) is 4.66. The second kappa shape index (κ2) is 9.46. The van der Waals surface area contributed by atoms with Crippen molar-refractivity contribution in [2.75, 3.05) is 10.0 Å². The summed E-state index contributed by atoms with van der Waals surface area (Å²) in [7, 11) is -3.91. The molecule has 0 radical (unpaired) electrons. The van der Waals surface area contributed by atoms with Gasteiger partial charge in [-0.25, -0.2) is 23.1 Å². The van der Waals surface area contributed by atoms with Crippen molar-refractivity contribution in [3.8, 4) is 11.3 Å². The molecule has 34 heavy (non-hydrogen) atoms. The SMILES string of the molecule is Cc1cc(C)nc(NS(=O)(=O)c2ccc(NC(=O)c3ccc(-c4ccc(Cl)cc4Cl)o3)cc2)n1. The van der Waals surface area contributed by atoms with Crippen molar-refractivity contribution in [1.29, 1.82) is 0 Å². The maximum atomic E-state index is 12.7. The summed E-state index contributed by atoms with van der Waals surface area (Å²) in [6.07, 6.45) is 0. The quantitative estimate of drug-likeness (QED) is 0.339. The molecule has 4 aromatic rings. The third kappa shape index (κ3) is 5.39. The van der Waals surface area contributed by atoms with Crippen LogP contribution in [0.25, 0.3) is 11.3 Å². The van der Waals surface area contributed by atoms with E-state index in [1.807, 2.05) is 0 Å². The number of carbonyl (C=O) groups excluding carboxylic acids is 1. The first-order valence-corrected chi connectivity index (χ1v) is 12.2. The first-order chi connectivity index (χ1) is 16.1. The molecule has 0 bridgehead atoms. The molecular formula is C23H18Cl2N4O4S. The number of aromatic nitrogens is 2. The van der Waals surface area contributed by atoms with E-state index in [1.54, 1.807) is 44.2 Å². The van der Waals surface area contributed by atoms with Crippen LogP contribution in [-0.2, 0) is 10.0 Å². The maximum absolute atomic E-state index is 12.7.